The van der Waals surface area contributed by atoms with Crippen molar-refractivity contribution in [2.45, 2.75) is 58.8 Å². The Morgan fingerprint density at radius 3 is 2.00 bits per heavy atom. The van der Waals surface area contributed by atoms with Gasteiger partial charge in [-0.15, -0.1) is 0 Å². The fraction of sp³-hybridized carbons (Fsp3) is 0.600. The average Bonchev–Trinajstić information content (AvgIpc) is 2.18. The lowest BCUT2D eigenvalue weighted by Gasteiger charge is -2.19. The number of hydrogen-bond donors (Lipinski definition) is 0. The predicted octanol–water partition coefficient (Wildman–Crippen LogP) is 4.72. The molecular weight excluding hydrogens is 180 g/mol. The molecule has 0 nitrogen and oxygen atoms in total. The zero-order chi connectivity index (χ0) is 11.3. The SMILES string of the molecule is CCCCCc1ccc(C(C)(C)C)cc1. The largest absolute Gasteiger partial charge is 0.0654 e. The van der Waals surface area contributed by atoms with Crippen LogP contribution in [0.4, 0.5) is 0 Å². The molecule has 0 radical (unpaired) electrons. The molecule has 0 aliphatic rings. The Morgan fingerprint density at radius 2 is 1.53 bits per heavy atom. The summed E-state index contributed by atoms with van der Waals surface area (Å²) in [6.07, 6.45) is 5.21. The monoisotopic (exact) mass is 204 g/mol. The van der Waals surface area contributed by atoms with Crippen LogP contribution in [0.1, 0.15) is 58.1 Å². The molecular formula is C15H24. The van der Waals surface area contributed by atoms with E-state index in [2.05, 4.69) is 52.0 Å². The summed E-state index contributed by atoms with van der Waals surface area (Å²) < 4.78 is 0. The van der Waals surface area contributed by atoms with Crippen molar-refractivity contribution in [3.8, 4) is 0 Å². The Bertz CT molecular complexity index is 274. The third-order valence-electron chi connectivity index (χ3n) is 2.89. The minimum absolute atomic E-state index is 0.280. The number of aryl methyl sites for hydroxylation is 1. The summed E-state index contributed by atoms with van der Waals surface area (Å²) in [5.41, 5.74) is 3.19. The molecule has 84 valence electrons. The summed E-state index contributed by atoms with van der Waals surface area (Å²) in [6, 6.07) is 9.13. The Kier molecular flexibility index (Phi) is 4.38. The molecule has 0 amide bonds. The van der Waals surface area contributed by atoms with Crippen LogP contribution < -0.4 is 0 Å². The van der Waals surface area contributed by atoms with Gasteiger partial charge >= 0.3 is 0 Å². The van der Waals surface area contributed by atoms with Crippen LogP contribution in [0.15, 0.2) is 24.3 Å². The van der Waals surface area contributed by atoms with Crippen molar-refractivity contribution < 1.29 is 0 Å². The highest BCUT2D eigenvalue weighted by atomic mass is 14.2. The molecule has 1 aromatic rings. The number of rotatable bonds is 4. The molecule has 0 aromatic heterocycles. The van der Waals surface area contributed by atoms with Crippen molar-refractivity contribution in [1.82, 2.24) is 0 Å². The maximum Gasteiger partial charge on any atom is -0.0132 e. The standard InChI is InChI=1S/C15H24/c1-5-6-7-8-13-9-11-14(12-10-13)15(2,3)4/h9-12H,5-8H2,1-4H3. The van der Waals surface area contributed by atoms with E-state index in [-0.39, 0.29) is 5.41 Å². The number of unbranched alkanes of at least 4 members (excludes halogenated alkanes) is 2. The first kappa shape index (κ1) is 12.3. The highest BCUT2D eigenvalue weighted by Crippen LogP contribution is 2.22. The van der Waals surface area contributed by atoms with Crippen molar-refractivity contribution in [2.75, 3.05) is 0 Å². The molecule has 0 saturated carbocycles. The van der Waals surface area contributed by atoms with E-state index in [9.17, 15) is 0 Å². The first-order valence-corrected chi connectivity index (χ1v) is 6.13. The van der Waals surface area contributed by atoms with Gasteiger partial charge in [0, 0.05) is 0 Å². The van der Waals surface area contributed by atoms with Gasteiger partial charge in [0.25, 0.3) is 0 Å². The van der Waals surface area contributed by atoms with Crippen LogP contribution in [0.3, 0.4) is 0 Å². The van der Waals surface area contributed by atoms with E-state index in [1.165, 1.54) is 36.8 Å². The topological polar surface area (TPSA) is 0 Å². The molecule has 0 fully saturated rings. The molecule has 0 unspecified atom stereocenters. The van der Waals surface area contributed by atoms with E-state index in [1.807, 2.05) is 0 Å². The predicted molar refractivity (Wildman–Crippen MR) is 68.4 cm³/mol. The van der Waals surface area contributed by atoms with Gasteiger partial charge in [-0.2, -0.15) is 0 Å². The van der Waals surface area contributed by atoms with Crippen LogP contribution in [-0.2, 0) is 11.8 Å². The summed E-state index contributed by atoms with van der Waals surface area (Å²) in [5.74, 6) is 0. The third-order valence-corrected chi connectivity index (χ3v) is 2.89. The summed E-state index contributed by atoms with van der Waals surface area (Å²) in [5, 5.41) is 0. The molecule has 1 aromatic carbocycles. The van der Waals surface area contributed by atoms with Crippen LogP contribution in [0, 0.1) is 0 Å². The number of hydrogen-bond acceptors (Lipinski definition) is 0. The van der Waals surface area contributed by atoms with Crippen molar-refractivity contribution in [2.24, 2.45) is 0 Å². The lowest BCUT2D eigenvalue weighted by Crippen LogP contribution is -2.10. The fourth-order valence-corrected chi connectivity index (χ4v) is 1.75. The van der Waals surface area contributed by atoms with Gasteiger partial charge < -0.3 is 0 Å². The molecule has 0 atom stereocenters. The van der Waals surface area contributed by atoms with E-state index in [1.54, 1.807) is 0 Å². The van der Waals surface area contributed by atoms with Gasteiger partial charge in [0.2, 0.25) is 0 Å². The zero-order valence-electron chi connectivity index (χ0n) is 10.6. The second kappa shape index (κ2) is 5.34. The summed E-state index contributed by atoms with van der Waals surface area (Å²) >= 11 is 0. The van der Waals surface area contributed by atoms with Gasteiger partial charge in [0.15, 0.2) is 0 Å². The fourth-order valence-electron chi connectivity index (χ4n) is 1.75. The summed E-state index contributed by atoms with van der Waals surface area (Å²) in [7, 11) is 0. The van der Waals surface area contributed by atoms with Crippen LogP contribution in [0.5, 0.6) is 0 Å². The van der Waals surface area contributed by atoms with Crippen LogP contribution >= 0.6 is 0 Å². The molecule has 15 heavy (non-hydrogen) atoms. The maximum absolute atomic E-state index is 2.29. The molecule has 0 heteroatoms. The van der Waals surface area contributed by atoms with Gasteiger partial charge in [-0.25, -0.2) is 0 Å². The summed E-state index contributed by atoms with van der Waals surface area (Å²) in [6.45, 7) is 9.04. The van der Waals surface area contributed by atoms with E-state index >= 15 is 0 Å². The molecule has 0 spiro atoms. The molecule has 1 rings (SSSR count). The Balaban J connectivity index is 2.57. The lowest BCUT2D eigenvalue weighted by molar-refractivity contribution is 0.589. The van der Waals surface area contributed by atoms with Crippen molar-refractivity contribution in [3.63, 3.8) is 0 Å². The van der Waals surface area contributed by atoms with Gasteiger partial charge in [-0.05, 0) is 29.4 Å². The summed E-state index contributed by atoms with van der Waals surface area (Å²) in [4.78, 5) is 0. The minimum Gasteiger partial charge on any atom is -0.0654 e. The zero-order valence-corrected chi connectivity index (χ0v) is 10.6. The third kappa shape index (κ3) is 4.07. The van der Waals surface area contributed by atoms with E-state index in [0.717, 1.165) is 0 Å². The second-order valence-electron chi connectivity index (χ2n) is 5.40. The Morgan fingerprint density at radius 1 is 0.933 bits per heavy atom. The molecule has 0 N–H and O–H groups in total. The van der Waals surface area contributed by atoms with Gasteiger partial charge in [0.1, 0.15) is 0 Å². The van der Waals surface area contributed by atoms with Crippen molar-refractivity contribution >= 4 is 0 Å². The van der Waals surface area contributed by atoms with Gasteiger partial charge in [-0.1, -0.05) is 64.8 Å². The quantitative estimate of drug-likeness (QED) is 0.623. The van der Waals surface area contributed by atoms with E-state index < -0.39 is 0 Å². The number of benzene rings is 1. The molecule has 0 bridgehead atoms. The van der Waals surface area contributed by atoms with Gasteiger partial charge in [-0.3, -0.25) is 0 Å². The Labute approximate surface area is 94.7 Å². The first-order valence-electron chi connectivity index (χ1n) is 6.13. The van der Waals surface area contributed by atoms with Gasteiger partial charge in [0.05, 0.1) is 0 Å². The highest BCUT2D eigenvalue weighted by Gasteiger charge is 2.12. The van der Waals surface area contributed by atoms with Crippen molar-refractivity contribution in [3.05, 3.63) is 35.4 Å². The first-order chi connectivity index (χ1) is 7.04. The maximum atomic E-state index is 2.29. The van der Waals surface area contributed by atoms with Crippen molar-refractivity contribution in [1.29, 1.82) is 0 Å². The normalized spacial score (nSPS) is 11.7. The molecule has 0 saturated heterocycles. The molecule has 0 aliphatic heterocycles. The van der Waals surface area contributed by atoms with Crippen LogP contribution in [-0.4, -0.2) is 0 Å². The second-order valence-corrected chi connectivity index (χ2v) is 5.40. The Hall–Kier alpha value is -0.780. The highest BCUT2D eigenvalue weighted by molar-refractivity contribution is 5.27. The van der Waals surface area contributed by atoms with Crippen LogP contribution in [0.25, 0.3) is 0 Å². The molecule has 0 aliphatic carbocycles. The lowest BCUT2D eigenvalue weighted by atomic mass is 9.86. The molecule has 0 heterocycles. The van der Waals surface area contributed by atoms with E-state index in [0.29, 0.717) is 0 Å². The van der Waals surface area contributed by atoms with E-state index in [4.69, 9.17) is 0 Å². The minimum atomic E-state index is 0.280. The average molecular weight is 204 g/mol. The smallest absolute Gasteiger partial charge is 0.0132 e. The van der Waals surface area contributed by atoms with Crippen LogP contribution in [0.2, 0.25) is 0 Å².